The lowest BCUT2D eigenvalue weighted by atomic mass is 10.1. The Morgan fingerprint density at radius 3 is 2.72 bits per heavy atom. The summed E-state index contributed by atoms with van der Waals surface area (Å²) in [6.07, 6.45) is 0.301. The molecule has 2 aromatic rings. The molecule has 0 atom stereocenters. The molecule has 0 bridgehead atoms. The van der Waals surface area contributed by atoms with Gasteiger partial charge in [0.2, 0.25) is 11.9 Å². The van der Waals surface area contributed by atoms with Crippen LogP contribution in [0, 0.1) is 13.8 Å². The van der Waals surface area contributed by atoms with Crippen LogP contribution in [0.4, 0.5) is 5.95 Å². The van der Waals surface area contributed by atoms with Crippen molar-refractivity contribution in [2.24, 2.45) is 5.73 Å². The lowest BCUT2D eigenvalue weighted by molar-refractivity contribution is -0.116. The van der Waals surface area contributed by atoms with E-state index in [9.17, 15) is 4.79 Å². The first-order chi connectivity index (χ1) is 8.10. The number of halogens is 1. The number of rotatable bonds is 3. The molecule has 1 amide bonds. The normalized spacial score (nSPS) is 10.2. The molecule has 1 heterocycles. The van der Waals surface area contributed by atoms with Gasteiger partial charge in [-0.25, -0.2) is 4.98 Å². The van der Waals surface area contributed by atoms with E-state index in [0.717, 1.165) is 11.0 Å². The lowest BCUT2D eigenvalue weighted by Gasteiger charge is -1.98. The molecule has 0 aliphatic heterocycles. The number of fused-ring (bicyclic) bond motifs is 1. The summed E-state index contributed by atoms with van der Waals surface area (Å²) in [6.45, 7) is 4.42. The van der Waals surface area contributed by atoms with Crippen molar-refractivity contribution in [3.8, 4) is 0 Å². The predicted octanol–water partition coefficient (Wildman–Crippen LogP) is 1.89. The van der Waals surface area contributed by atoms with Gasteiger partial charge in [-0.2, -0.15) is 0 Å². The second-order valence-electron chi connectivity index (χ2n) is 4.13. The highest BCUT2D eigenvalue weighted by Gasteiger charge is 2.07. The monoisotopic (exact) mass is 268 g/mol. The molecule has 0 saturated carbocycles. The SMILES string of the molecule is Cc1cc2nc(NC(=O)CCN)[nH]c2cc1C.Cl. The number of imidazole rings is 1. The van der Waals surface area contributed by atoms with Gasteiger partial charge >= 0.3 is 0 Å². The van der Waals surface area contributed by atoms with Gasteiger partial charge in [-0.3, -0.25) is 10.1 Å². The van der Waals surface area contributed by atoms with E-state index in [1.165, 1.54) is 11.1 Å². The van der Waals surface area contributed by atoms with Gasteiger partial charge in [0.25, 0.3) is 0 Å². The second-order valence-corrected chi connectivity index (χ2v) is 4.13. The summed E-state index contributed by atoms with van der Waals surface area (Å²) in [4.78, 5) is 18.7. The summed E-state index contributed by atoms with van der Waals surface area (Å²) < 4.78 is 0. The van der Waals surface area contributed by atoms with Crippen LogP contribution >= 0.6 is 12.4 Å². The fraction of sp³-hybridized carbons (Fsp3) is 0.333. The van der Waals surface area contributed by atoms with Crippen LogP contribution in [0.3, 0.4) is 0 Å². The average Bonchev–Trinajstić information content (AvgIpc) is 2.60. The van der Waals surface area contributed by atoms with Gasteiger partial charge in [-0.15, -0.1) is 12.4 Å². The largest absolute Gasteiger partial charge is 0.330 e. The number of amides is 1. The number of nitrogens with two attached hydrogens (primary N) is 1. The minimum absolute atomic E-state index is 0. The summed E-state index contributed by atoms with van der Waals surface area (Å²) in [5, 5.41) is 2.69. The van der Waals surface area contributed by atoms with Gasteiger partial charge in [0.15, 0.2) is 0 Å². The molecular weight excluding hydrogens is 252 g/mol. The molecule has 98 valence electrons. The number of aromatic nitrogens is 2. The minimum Gasteiger partial charge on any atom is -0.330 e. The van der Waals surface area contributed by atoms with Crippen LogP contribution in [0.1, 0.15) is 17.5 Å². The number of nitrogens with zero attached hydrogens (tertiary/aromatic N) is 1. The fourth-order valence-electron chi connectivity index (χ4n) is 1.65. The van der Waals surface area contributed by atoms with Crippen molar-refractivity contribution < 1.29 is 4.79 Å². The number of benzene rings is 1. The highest BCUT2D eigenvalue weighted by atomic mass is 35.5. The lowest BCUT2D eigenvalue weighted by Crippen LogP contribution is -2.16. The quantitative estimate of drug-likeness (QED) is 0.795. The molecular formula is C12H17ClN4O. The molecule has 2 rings (SSSR count). The van der Waals surface area contributed by atoms with Crippen molar-refractivity contribution >= 4 is 35.3 Å². The van der Waals surface area contributed by atoms with Crippen LogP contribution in [-0.2, 0) is 4.79 Å². The van der Waals surface area contributed by atoms with Gasteiger partial charge in [0, 0.05) is 13.0 Å². The smallest absolute Gasteiger partial charge is 0.227 e. The van der Waals surface area contributed by atoms with E-state index >= 15 is 0 Å². The molecule has 18 heavy (non-hydrogen) atoms. The fourth-order valence-corrected chi connectivity index (χ4v) is 1.65. The van der Waals surface area contributed by atoms with Crippen LogP contribution in [0.25, 0.3) is 11.0 Å². The molecule has 6 heteroatoms. The molecule has 0 saturated heterocycles. The first kappa shape index (κ1) is 14.5. The molecule has 0 unspecified atom stereocenters. The maximum absolute atomic E-state index is 11.4. The van der Waals surface area contributed by atoms with Crippen molar-refractivity contribution in [2.75, 3.05) is 11.9 Å². The van der Waals surface area contributed by atoms with Crippen molar-refractivity contribution in [1.29, 1.82) is 0 Å². The van der Waals surface area contributed by atoms with Gasteiger partial charge in [0.05, 0.1) is 11.0 Å². The van der Waals surface area contributed by atoms with Crippen molar-refractivity contribution in [3.63, 3.8) is 0 Å². The van der Waals surface area contributed by atoms with Crippen molar-refractivity contribution in [3.05, 3.63) is 23.3 Å². The molecule has 0 fully saturated rings. The third-order valence-electron chi connectivity index (χ3n) is 2.73. The first-order valence-electron chi connectivity index (χ1n) is 5.57. The first-order valence-corrected chi connectivity index (χ1v) is 5.57. The molecule has 4 N–H and O–H groups in total. The number of aryl methyl sites for hydroxylation is 2. The maximum atomic E-state index is 11.4. The van der Waals surface area contributed by atoms with E-state index in [-0.39, 0.29) is 18.3 Å². The number of carbonyl (C=O) groups is 1. The topological polar surface area (TPSA) is 83.8 Å². The van der Waals surface area contributed by atoms with Gasteiger partial charge in [-0.1, -0.05) is 0 Å². The number of aromatic amines is 1. The summed E-state index contributed by atoms with van der Waals surface area (Å²) in [6, 6.07) is 4.02. The molecule has 1 aromatic heterocycles. The highest BCUT2D eigenvalue weighted by Crippen LogP contribution is 2.19. The molecule has 5 nitrogen and oxygen atoms in total. The maximum Gasteiger partial charge on any atom is 0.227 e. The summed E-state index contributed by atoms with van der Waals surface area (Å²) >= 11 is 0. The molecule has 0 aliphatic rings. The number of anilines is 1. The molecule has 0 radical (unpaired) electrons. The van der Waals surface area contributed by atoms with E-state index in [2.05, 4.69) is 15.3 Å². The Morgan fingerprint density at radius 2 is 2.06 bits per heavy atom. The van der Waals surface area contributed by atoms with Crippen LogP contribution in [0.2, 0.25) is 0 Å². The zero-order chi connectivity index (χ0) is 12.4. The molecule has 1 aromatic carbocycles. The molecule has 0 spiro atoms. The predicted molar refractivity (Wildman–Crippen MR) is 75.1 cm³/mol. The van der Waals surface area contributed by atoms with Crippen LogP contribution < -0.4 is 11.1 Å². The van der Waals surface area contributed by atoms with Crippen LogP contribution in [0.15, 0.2) is 12.1 Å². The number of nitrogens with one attached hydrogen (secondary N) is 2. The highest BCUT2D eigenvalue weighted by molar-refractivity contribution is 5.91. The van der Waals surface area contributed by atoms with E-state index in [0.29, 0.717) is 18.9 Å². The summed E-state index contributed by atoms with van der Waals surface area (Å²) in [5.74, 6) is 0.350. The van der Waals surface area contributed by atoms with E-state index < -0.39 is 0 Å². The zero-order valence-electron chi connectivity index (χ0n) is 10.4. The van der Waals surface area contributed by atoms with E-state index in [4.69, 9.17) is 5.73 Å². The third kappa shape index (κ3) is 3.00. The average molecular weight is 269 g/mol. The van der Waals surface area contributed by atoms with Crippen molar-refractivity contribution in [1.82, 2.24) is 9.97 Å². The van der Waals surface area contributed by atoms with E-state index in [1.807, 2.05) is 26.0 Å². The Balaban J connectivity index is 0.00000162. The Morgan fingerprint density at radius 1 is 1.39 bits per heavy atom. The van der Waals surface area contributed by atoms with Gasteiger partial charge in [0.1, 0.15) is 0 Å². The Hall–Kier alpha value is -1.59. The second kappa shape index (κ2) is 5.84. The Bertz CT molecular complexity index is 525. The number of hydrogen-bond donors (Lipinski definition) is 3. The minimum atomic E-state index is -0.125. The standard InChI is InChI=1S/C12H16N4O.ClH/c1-7-5-9-10(6-8(7)2)15-12(14-9)16-11(17)3-4-13;/h5-6H,3-4,13H2,1-2H3,(H2,14,15,16,17);1H. The van der Waals surface area contributed by atoms with Gasteiger partial charge in [-0.05, 0) is 37.1 Å². The zero-order valence-corrected chi connectivity index (χ0v) is 11.2. The van der Waals surface area contributed by atoms with Crippen LogP contribution in [-0.4, -0.2) is 22.4 Å². The summed E-state index contributed by atoms with van der Waals surface area (Å²) in [5.41, 5.74) is 9.47. The number of carbonyl (C=O) groups excluding carboxylic acids is 1. The van der Waals surface area contributed by atoms with Crippen LogP contribution in [0.5, 0.6) is 0 Å². The summed E-state index contributed by atoms with van der Waals surface area (Å²) in [7, 11) is 0. The number of hydrogen-bond acceptors (Lipinski definition) is 3. The number of H-pyrrole nitrogens is 1. The Labute approximate surface area is 112 Å². The molecule has 0 aliphatic carbocycles. The third-order valence-corrected chi connectivity index (χ3v) is 2.73. The van der Waals surface area contributed by atoms with E-state index in [1.54, 1.807) is 0 Å². The van der Waals surface area contributed by atoms with Gasteiger partial charge < -0.3 is 10.7 Å². The van der Waals surface area contributed by atoms with Crippen molar-refractivity contribution in [2.45, 2.75) is 20.3 Å². The Kier molecular flexibility index (Phi) is 4.69.